The van der Waals surface area contributed by atoms with Gasteiger partial charge in [0.1, 0.15) is 0 Å². The Balaban J connectivity index is 0.915. The summed E-state index contributed by atoms with van der Waals surface area (Å²) >= 11 is 0. The van der Waals surface area contributed by atoms with Gasteiger partial charge in [-0.2, -0.15) is 0 Å². The van der Waals surface area contributed by atoms with Crippen LogP contribution in [0, 0.1) is 0 Å². The van der Waals surface area contributed by atoms with Gasteiger partial charge >= 0.3 is 14.2 Å². The normalized spacial score (nSPS) is 15.4. The molecule has 2 fully saturated rings. The molecule has 2 aliphatic heterocycles. The molecule has 93 heavy (non-hydrogen) atoms. The highest BCUT2D eigenvalue weighted by Crippen LogP contribution is 2.45. The zero-order valence-corrected chi connectivity index (χ0v) is 53.5. The Kier molecular flexibility index (Phi) is 14.9. The highest BCUT2D eigenvalue weighted by molar-refractivity contribution is 6.62. The van der Waals surface area contributed by atoms with E-state index in [2.05, 4.69) is 288 Å². The lowest BCUT2D eigenvalue weighted by atomic mass is 9.79. The number of benzene rings is 11. The number of anilines is 6. The van der Waals surface area contributed by atoms with Crippen molar-refractivity contribution in [2.45, 2.75) is 77.8 Å². The maximum Gasteiger partial charge on any atom is 0.494 e. The molecule has 0 bridgehead atoms. The van der Waals surface area contributed by atoms with Crippen molar-refractivity contribution in [3.63, 3.8) is 0 Å². The molecule has 2 aliphatic rings. The van der Waals surface area contributed by atoms with Crippen molar-refractivity contribution in [3.05, 3.63) is 279 Å². The lowest BCUT2D eigenvalue weighted by Crippen LogP contribution is -2.41. The van der Waals surface area contributed by atoms with Gasteiger partial charge in [-0.15, -0.1) is 0 Å². The van der Waals surface area contributed by atoms with Crippen LogP contribution in [0.25, 0.3) is 83.9 Å². The molecule has 10 nitrogen and oxygen atoms in total. The molecule has 11 aromatic carbocycles. The molecule has 0 radical (unpaired) electrons. The van der Waals surface area contributed by atoms with Crippen LogP contribution in [0.1, 0.15) is 55.4 Å². The van der Waals surface area contributed by atoms with E-state index in [4.69, 9.17) is 33.6 Å². The molecular formula is C81H70B2N6O4. The summed E-state index contributed by atoms with van der Waals surface area (Å²) in [7, 11) is -1.01. The average Bonchev–Trinajstić information content (AvgIpc) is 1.60. The number of fused-ring (bicyclic) bond motifs is 3. The lowest BCUT2D eigenvalue weighted by Gasteiger charge is -2.32. The topological polar surface area (TPSA) is 87.0 Å². The zero-order chi connectivity index (χ0) is 63.6. The summed E-state index contributed by atoms with van der Waals surface area (Å²) in [4.78, 5) is 20.1. The second-order valence-electron chi connectivity index (χ2n) is 26.2. The second-order valence-corrected chi connectivity index (χ2v) is 26.2. The summed E-state index contributed by atoms with van der Waals surface area (Å²) in [5.41, 5.74) is 16.2. The highest BCUT2D eigenvalue weighted by atomic mass is 16.7. The summed E-state index contributed by atoms with van der Waals surface area (Å²) < 4.78 is 28.6. The van der Waals surface area contributed by atoms with Crippen LogP contribution >= 0.6 is 0 Å². The molecule has 0 N–H and O–H groups in total. The Morgan fingerprint density at radius 1 is 0.280 bits per heavy atom. The number of hydrogen-bond donors (Lipinski definition) is 0. The smallest absolute Gasteiger partial charge is 0.399 e. The number of hydrogen-bond acceptors (Lipinski definition) is 9. The quantitative estimate of drug-likeness (QED) is 0.0988. The van der Waals surface area contributed by atoms with Crippen molar-refractivity contribution in [2.24, 2.45) is 0 Å². The summed E-state index contributed by atoms with van der Waals surface area (Å²) in [5, 5.41) is 2.12. The molecule has 454 valence electrons. The number of rotatable bonds is 14. The van der Waals surface area contributed by atoms with E-state index in [0.29, 0.717) is 17.5 Å². The van der Waals surface area contributed by atoms with Crippen LogP contribution in [0.4, 0.5) is 34.1 Å². The van der Waals surface area contributed by atoms with Crippen LogP contribution in [0.2, 0.25) is 0 Å². The summed E-state index contributed by atoms with van der Waals surface area (Å²) in [6.45, 7) is 16.7. The highest BCUT2D eigenvalue weighted by Gasteiger charge is 2.53. The molecule has 0 unspecified atom stereocenters. The predicted octanol–water partition coefficient (Wildman–Crippen LogP) is 18.8. The van der Waals surface area contributed by atoms with Crippen LogP contribution < -0.4 is 20.7 Å². The van der Waals surface area contributed by atoms with Crippen LogP contribution in [-0.4, -0.2) is 56.2 Å². The Labute approximate surface area is 545 Å². The number of nitrogens with zero attached hydrogens (tertiary/aromatic N) is 6. The lowest BCUT2D eigenvalue weighted by molar-refractivity contribution is 0.00578. The Bertz CT molecular complexity index is 4540. The van der Waals surface area contributed by atoms with Crippen molar-refractivity contribution < 1.29 is 18.6 Å². The predicted molar refractivity (Wildman–Crippen MR) is 382 cm³/mol. The first-order valence-electron chi connectivity index (χ1n) is 31.9. The maximum absolute atomic E-state index is 6.57. The standard InChI is InChI=1S/C81H70B2N6O4/c1-78(2)79(3,4)91-82(90-78)62-36-44-66(45-37-62)87(64-40-32-57(33-41-64)55-22-13-9-14-23-55)69-48-50-73-71(53-69)72-54-70(88(65-42-34-58(35-43-65)56-24-15-10-16-25-56)67-46-38-63(39-47-67)83-92-80(5,6)81(7,8)93-83)49-51-74(72)89(73)68-31-21-30-61(52-68)77-85-75(59-26-17-11-18-27-59)84-76(86-77)60-28-19-12-20-29-60/h9-54H,1-8H3. The molecule has 2 aromatic heterocycles. The molecule has 0 atom stereocenters. The Hall–Kier alpha value is -10.2. The molecule has 0 spiro atoms. The van der Waals surface area contributed by atoms with Gasteiger partial charge in [0.25, 0.3) is 0 Å². The SMILES string of the molecule is CC1(C)OB(c2ccc(N(c3ccc(-c4ccccc4)cc3)c3ccc4c(c3)c3cc(N(c5ccc(B6OC(C)(C)C(C)(C)O6)cc5)c5ccc(-c6ccccc6)cc5)ccc3n4-c3cccc(-c4nc(-c5ccccc5)nc(-c5ccccc5)n4)c3)cc2)OC1(C)C. The minimum absolute atomic E-state index is 0.479. The van der Waals surface area contributed by atoms with Gasteiger partial charge in [0.05, 0.1) is 33.4 Å². The summed E-state index contributed by atoms with van der Waals surface area (Å²) in [6.07, 6.45) is 0. The molecule has 0 saturated carbocycles. The molecule has 12 heteroatoms. The van der Waals surface area contributed by atoms with E-state index in [1.54, 1.807) is 0 Å². The molecule has 0 aliphatic carbocycles. The molecule has 15 rings (SSSR count). The first kappa shape index (κ1) is 59.1. The van der Waals surface area contributed by atoms with Crippen LogP contribution in [0.5, 0.6) is 0 Å². The van der Waals surface area contributed by atoms with E-state index in [-0.39, 0.29) is 0 Å². The third-order valence-electron chi connectivity index (χ3n) is 19.1. The van der Waals surface area contributed by atoms with Gasteiger partial charge in [0.2, 0.25) is 0 Å². The Morgan fingerprint density at radius 3 is 0.925 bits per heavy atom. The van der Waals surface area contributed by atoms with Gasteiger partial charge in [-0.1, -0.05) is 182 Å². The van der Waals surface area contributed by atoms with Crippen molar-refractivity contribution in [2.75, 3.05) is 9.80 Å². The van der Waals surface area contributed by atoms with Crippen molar-refractivity contribution in [1.29, 1.82) is 0 Å². The summed E-state index contributed by atoms with van der Waals surface area (Å²) in [6, 6.07) is 98.5. The Morgan fingerprint density at radius 2 is 0.570 bits per heavy atom. The van der Waals surface area contributed by atoms with E-state index in [1.807, 2.05) is 60.7 Å². The minimum Gasteiger partial charge on any atom is -0.399 e. The fraction of sp³-hybridized carbons (Fsp3) is 0.148. The number of aromatic nitrogens is 4. The maximum atomic E-state index is 6.57. The fourth-order valence-electron chi connectivity index (χ4n) is 12.6. The van der Waals surface area contributed by atoms with Crippen LogP contribution in [-0.2, 0) is 18.6 Å². The van der Waals surface area contributed by atoms with Gasteiger partial charge in [-0.05, 0) is 186 Å². The van der Waals surface area contributed by atoms with Crippen LogP contribution in [0.3, 0.4) is 0 Å². The summed E-state index contributed by atoms with van der Waals surface area (Å²) in [5.74, 6) is 1.78. The molecule has 4 heterocycles. The molecule has 2 saturated heterocycles. The average molecular weight is 1210 g/mol. The van der Waals surface area contributed by atoms with E-state index in [0.717, 1.165) is 111 Å². The van der Waals surface area contributed by atoms with Crippen molar-refractivity contribution >= 4 is 81.1 Å². The van der Waals surface area contributed by atoms with E-state index in [1.165, 1.54) is 0 Å². The molecule has 13 aromatic rings. The van der Waals surface area contributed by atoms with Crippen molar-refractivity contribution in [3.8, 4) is 62.1 Å². The monoisotopic (exact) mass is 1210 g/mol. The van der Waals surface area contributed by atoms with Gasteiger partial charge in [0, 0.05) is 67.3 Å². The van der Waals surface area contributed by atoms with E-state index < -0.39 is 36.6 Å². The zero-order valence-electron chi connectivity index (χ0n) is 53.5. The van der Waals surface area contributed by atoms with Gasteiger partial charge in [-0.3, -0.25) is 0 Å². The van der Waals surface area contributed by atoms with Gasteiger partial charge in [-0.25, -0.2) is 15.0 Å². The molecule has 0 amide bonds. The van der Waals surface area contributed by atoms with E-state index in [9.17, 15) is 0 Å². The second kappa shape index (κ2) is 23.5. The third-order valence-corrected chi connectivity index (χ3v) is 19.1. The van der Waals surface area contributed by atoms with Crippen molar-refractivity contribution in [1.82, 2.24) is 19.5 Å². The molecular weight excluding hydrogens is 1140 g/mol. The fourth-order valence-corrected chi connectivity index (χ4v) is 12.6. The van der Waals surface area contributed by atoms with Crippen LogP contribution in [0.15, 0.2) is 279 Å². The third kappa shape index (κ3) is 11.2. The minimum atomic E-state index is -0.505. The first-order valence-corrected chi connectivity index (χ1v) is 31.9. The largest absolute Gasteiger partial charge is 0.494 e. The van der Waals surface area contributed by atoms with E-state index >= 15 is 0 Å². The van der Waals surface area contributed by atoms with Gasteiger partial charge < -0.3 is 33.0 Å². The van der Waals surface area contributed by atoms with Gasteiger partial charge in [0.15, 0.2) is 17.5 Å². The first-order chi connectivity index (χ1) is 45.0.